The SMILES string of the molecule is Cc1ccc(S(N)(=O)=O)c(-c2ccc(-c3ccn(Cc4cccc(C=NN)c4)c3)cc2)c1.O=C(O)C(F)(F)F. The van der Waals surface area contributed by atoms with E-state index < -0.39 is 22.2 Å². The molecule has 5 N–H and O–H groups in total. The fourth-order valence-corrected chi connectivity index (χ4v) is 4.48. The van der Waals surface area contributed by atoms with Crippen molar-refractivity contribution in [2.45, 2.75) is 24.5 Å². The fraction of sp³-hybridized carbons (Fsp3) is 0.111. The lowest BCUT2D eigenvalue weighted by molar-refractivity contribution is -0.192. The van der Waals surface area contributed by atoms with Crippen LogP contribution in [-0.4, -0.2) is 36.5 Å². The zero-order valence-corrected chi connectivity index (χ0v) is 21.4. The van der Waals surface area contributed by atoms with Crippen molar-refractivity contribution in [1.82, 2.24) is 4.57 Å². The van der Waals surface area contributed by atoms with Crippen molar-refractivity contribution >= 4 is 22.2 Å². The summed E-state index contributed by atoms with van der Waals surface area (Å²) in [6.07, 6.45) is 0.662. The number of aryl methyl sites for hydroxylation is 1. The van der Waals surface area contributed by atoms with Crippen molar-refractivity contribution in [3.63, 3.8) is 0 Å². The number of nitrogens with two attached hydrogens (primary N) is 2. The molecule has 0 saturated carbocycles. The van der Waals surface area contributed by atoms with E-state index in [9.17, 15) is 21.6 Å². The predicted octanol–water partition coefficient (Wildman–Crippen LogP) is 4.75. The summed E-state index contributed by atoms with van der Waals surface area (Å²) in [7, 11) is -3.81. The number of hydrogen-bond acceptors (Lipinski definition) is 5. The maximum absolute atomic E-state index is 12.0. The van der Waals surface area contributed by atoms with Crippen LogP contribution >= 0.6 is 0 Å². The number of halogens is 3. The highest BCUT2D eigenvalue weighted by molar-refractivity contribution is 7.89. The first-order valence-electron chi connectivity index (χ1n) is 11.3. The van der Waals surface area contributed by atoms with Crippen LogP contribution in [0, 0.1) is 6.92 Å². The van der Waals surface area contributed by atoms with Crippen LogP contribution in [0.2, 0.25) is 0 Å². The van der Waals surface area contributed by atoms with E-state index in [0.29, 0.717) is 5.56 Å². The Labute approximate surface area is 223 Å². The van der Waals surface area contributed by atoms with Crippen molar-refractivity contribution in [3.8, 4) is 22.3 Å². The van der Waals surface area contributed by atoms with Gasteiger partial charge < -0.3 is 15.5 Å². The second kappa shape index (κ2) is 12.0. The van der Waals surface area contributed by atoms with Gasteiger partial charge in [-0.05, 0) is 52.9 Å². The first-order chi connectivity index (χ1) is 18.3. The number of nitrogens with zero attached hydrogens (tertiary/aromatic N) is 2. The third-order valence-electron chi connectivity index (χ3n) is 5.50. The minimum Gasteiger partial charge on any atom is -0.475 e. The van der Waals surface area contributed by atoms with E-state index in [1.54, 1.807) is 18.3 Å². The van der Waals surface area contributed by atoms with E-state index in [2.05, 4.69) is 34.1 Å². The number of primary sulfonamides is 1. The van der Waals surface area contributed by atoms with Crippen molar-refractivity contribution in [1.29, 1.82) is 0 Å². The smallest absolute Gasteiger partial charge is 0.475 e. The summed E-state index contributed by atoms with van der Waals surface area (Å²) in [5.41, 5.74) is 6.61. The van der Waals surface area contributed by atoms with Crippen LogP contribution in [0.3, 0.4) is 0 Å². The zero-order chi connectivity index (χ0) is 28.8. The van der Waals surface area contributed by atoms with Crippen molar-refractivity contribution in [2.75, 3.05) is 0 Å². The average Bonchev–Trinajstić information content (AvgIpc) is 3.32. The number of hydrazone groups is 1. The molecule has 12 heteroatoms. The van der Waals surface area contributed by atoms with E-state index >= 15 is 0 Å². The molecule has 0 spiro atoms. The highest BCUT2D eigenvalue weighted by atomic mass is 32.2. The van der Waals surface area contributed by atoms with E-state index in [1.807, 2.05) is 55.6 Å². The lowest BCUT2D eigenvalue weighted by Gasteiger charge is -2.10. The van der Waals surface area contributed by atoms with Crippen LogP contribution in [0.15, 0.2) is 95.2 Å². The largest absolute Gasteiger partial charge is 0.490 e. The second-order valence-corrected chi connectivity index (χ2v) is 10.1. The molecule has 0 amide bonds. The van der Waals surface area contributed by atoms with Gasteiger partial charge in [-0.25, -0.2) is 18.4 Å². The Balaban J connectivity index is 0.000000532. The number of alkyl halides is 3. The first-order valence-corrected chi connectivity index (χ1v) is 12.8. The van der Waals surface area contributed by atoms with Gasteiger partial charge >= 0.3 is 12.1 Å². The van der Waals surface area contributed by atoms with Gasteiger partial charge in [-0.2, -0.15) is 18.3 Å². The van der Waals surface area contributed by atoms with Crippen molar-refractivity contribution < 1.29 is 31.5 Å². The Hall–Kier alpha value is -4.42. The first kappa shape index (κ1) is 29.1. The Morgan fingerprint density at radius 1 is 1.00 bits per heavy atom. The molecule has 0 radical (unpaired) electrons. The number of aliphatic carboxylic acids is 1. The molecule has 39 heavy (non-hydrogen) atoms. The van der Waals surface area contributed by atoms with Crippen LogP contribution in [0.1, 0.15) is 16.7 Å². The van der Waals surface area contributed by atoms with E-state index in [1.165, 1.54) is 0 Å². The molecule has 0 unspecified atom stereocenters. The summed E-state index contributed by atoms with van der Waals surface area (Å²) in [6, 6.07) is 23.1. The molecule has 8 nitrogen and oxygen atoms in total. The molecular formula is C27H25F3N4O4S. The van der Waals surface area contributed by atoms with Crippen LogP contribution in [0.4, 0.5) is 13.2 Å². The maximum atomic E-state index is 12.0. The molecule has 0 bridgehead atoms. The molecule has 0 aliphatic rings. The number of carboxylic acids is 1. The normalized spacial score (nSPS) is 11.7. The van der Waals surface area contributed by atoms with Crippen LogP contribution in [-0.2, 0) is 21.4 Å². The number of carbonyl (C=O) groups is 1. The third-order valence-corrected chi connectivity index (χ3v) is 6.47. The zero-order valence-electron chi connectivity index (χ0n) is 20.6. The third kappa shape index (κ3) is 8.03. The van der Waals surface area contributed by atoms with Gasteiger partial charge in [0.2, 0.25) is 10.0 Å². The van der Waals surface area contributed by atoms with Gasteiger partial charge in [0, 0.05) is 24.5 Å². The van der Waals surface area contributed by atoms with Crippen LogP contribution < -0.4 is 11.0 Å². The summed E-state index contributed by atoms with van der Waals surface area (Å²) >= 11 is 0. The van der Waals surface area contributed by atoms with Gasteiger partial charge in [0.05, 0.1) is 11.1 Å². The highest BCUT2D eigenvalue weighted by Crippen LogP contribution is 2.30. The number of benzene rings is 3. The molecule has 0 saturated heterocycles. The summed E-state index contributed by atoms with van der Waals surface area (Å²) in [6.45, 7) is 2.65. The average molecular weight is 559 g/mol. The molecule has 4 rings (SSSR count). The molecule has 0 aliphatic carbocycles. The fourth-order valence-electron chi connectivity index (χ4n) is 3.74. The summed E-state index contributed by atoms with van der Waals surface area (Å²) in [5.74, 6) is 2.49. The van der Waals surface area contributed by atoms with Gasteiger partial charge in [-0.3, -0.25) is 0 Å². The van der Waals surface area contributed by atoms with Crippen molar-refractivity contribution in [3.05, 3.63) is 102 Å². The molecular weight excluding hydrogens is 533 g/mol. The molecule has 3 aromatic carbocycles. The molecule has 1 aromatic heterocycles. The van der Waals surface area contributed by atoms with Crippen molar-refractivity contribution in [2.24, 2.45) is 16.1 Å². The highest BCUT2D eigenvalue weighted by Gasteiger charge is 2.38. The minimum absolute atomic E-state index is 0.129. The van der Waals surface area contributed by atoms with Gasteiger partial charge in [0.1, 0.15) is 0 Å². The number of carboxylic acid groups (broad SMARTS) is 1. The lowest BCUT2D eigenvalue weighted by atomic mass is 10.0. The molecule has 204 valence electrons. The summed E-state index contributed by atoms with van der Waals surface area (Å²) in [4.78, 5) is 9.02. The number of rotatable bonds is 6. The summed E-state index contributed by atoms with van der Waals surface area (Å²) < 4.78 is 57.8. The second-order valence-electron chi connectivity index (χ2n) is 8.52. The molecule has 1 heterocycles. The quantitative estimate of drug-likeness (QED) is 0.178. The monoisotopic (exact) mass is 558 g/mol. The van der Waals surface area contributed by atoms with E-state index in [4.69, 9.17) is 20.9 Å². The number of aromatic nitrogens is 1. The molecule has 4 aromatic rings. The maximum Gasteiger partial charge on any atom is 0.490 e. The molecule has 0 aliphatic heterocycles. The minimum atomic E-state index is -5.08. The Kier molecular flexibility index (Phi) is 8.94. The topological polar surface area (TPSA) is 141 Å². The van der Waals surface area contributed by atoms with Gasteiger partial charge in [-0.15, -0.1) is 0 Å². The number of sulfonamides is 1. The predicted molar refractivity (Wildman–Crippen MR) is 142 cm³/mol. The van der Waals surface area contributed by atoms with Gasteiger partial charge in [-0.1, -0.05) is 60.2 Å². The van der Waals surface area contributed by atoms with Crippen LogP contribution in [0.5, 0.6) is 0 Å². The standard InChI is InChI=1S/C25H24N4O2S.C2HF3O2/c1-18-5-10-25(32(27,30)31)24(13-18)22-8-6-21(7-9-22)23-11-12-29(17-23)16-20-4-2-3-19(14-20)15-28-26;3-2(4,5)1(6)7/h2-15,17H,16,26H2,1H3,(H2,27,30,31);(H,6,7). The van der Waals surface area contributed by atoms with E-state index in [0.717, 1.165) is 39.9 Å². The van der Waals surface area contributed by atoms with Crippen LogP contribution in [0.25, 0.3) is 22.3 Å². The molecule has 0 atom stereocenters. The Morgan fingerprint density at radius 3 is 2.23 bits per heavy atom. The lowest BCUT2D eigenvalue weighted by Crippen LogP contribution is -2.21. The van der Waals surface area contributed by atoms with E-state index in [-0.39, 0.29) is 4.90 Å². The Bertz CT molecular complexity index is 1600. The van der Waals surface area contributed by atoms with Gasteiger partial charge in [0.25, 0.3) is 0 Å². The molecule has 0 fully saturated rings. The Morgan fingerprint density at radius 2 is 1.64 bits per heavy atom. The number of hydrogen-bond donors (Lipinski definition) is 3. The van der Waals surface area contributed by atoms with Gasteiger partial charge in [0.15, 0.2) is 0 Å². The summed E-state index contributed by atoms with van der Waals surface area (Å²) in [5, 5.41) is 16.1.